The van der Waals surface area contributed by atoms with Crippen molar-refractivity contribution in [2.45, 2.75) is 71.8 Å². The standard InChI is InChI=1S/C23H32O4/c1-13(2)22-18-8-7-16-11-17(14(3)24)21(26-6)12-19(16)23(18,5)10-9-20(22)27-15(4)25/h11-13,18,20,22H,7-10H2,1-6H3/t18?,20?,22?,23-/m0/s1. The number of Topliss-reactive ketones (excluding diaryl/α,β-unsaturated/α-hetero) is 1. The highest BCUT2D eigenvalue weighted by molar-refractivity contribution is 5.97. The molecular weight excluding hydrogens is 340 g/mol. The van der Waals surface area contributed by atoms with E-state index in [0.29, 0.717) is 29.1 Å². The van der Waals surface area contributed by atoms with Crippen LogP contribution in [0.4, 0.5) is 0 Å². The van der Waals surface area contributed by atoms with Gasteiger partial charge in [-0.15, -0.1) is 0 Å². The average Bonchev–Trinajstić information content (AvgIpc) is 2.60. The Labute approximate surface area is 162 Å². The molecule has 0 spiro atoms. The lowest BCUT2D eigenvalue weighted by Crippen LogP contribution is -2.51. The van der Waals surface area contributed by atoms with Crippen molar-refractivity contribution in [3.63, 3.8) is 0 Å². The van der Waals surface area contributed by atoms with Gasteiger partial charge < -0.3 is 9.47 Å². The van der Waals surface area contributed by atoms with Crippen molar-refractivity contribution in [1.82, 2.24) is 0 Å². The predicted octanol–water partition coefficient (Wildman–Crippen LogP) is 4.72. The first-order chi connectivity index (χ1) is 12.7. The molecule has 3 unspecified atom stereocenters. The topological polar surface area (TPSA) is 52.6 Å². The molecule has 0 saturated heterocycles. The third kappa shape index (κ3) is 3.39. The molecule has 148 valence electrons. The lowest BCUT2D eigenvalue weighted by atomic mass is 9.52. The second kappa shape index (κ2) is 7.29. The van der Waals surface area contributed by atoms with Crippen molar-refractivity contribution in [3.8, 4) is 5.75 Å². The first-order valence-corrected chi connectivity index (χ1v) is 10.1. The first kappa shape index (κ1) is 19.9. The molecule has 4 atom stereocenters. The van der Waals surface area contributed by atoms with Gasteiger partial charge in [-0.2, -0.15) is 0 Å². The molecule has 4 nitrogen and oxygen atoms in total. The van der Waals surface area contributed by atoms with Crippen LogP contribution in [0, 0.1) is 17.8 Å². The highest BCUT2D eigenvalue weighted by Gasteiger charge is 2.51. The Bertz CT molecular complexity index is 751. The Morgan fingerprint density at radius 3 is 2.44 bits per heavy atom. The van der Waals surface area contributed by atoms with E-state index in [1.165, 1.54) is 18.1 Å². The van der Waals surface area contributed by atoms with Crippen LogP contribution < -0.4 is 4.74 Å². The number of carbonyl (C=O) groups excluding carboxylic acids is 2. The lowest BCUT2D eigenvalue weighted by Gasteiger charge is -2.54. The van der Waals surface area contributed by atoms with Gasteiger partial charge in [-0.25, -0.2) is 0 Å². The number of ether oxygens (including phenoxy) is 2. The maximum Gasteiger partial charge on any atom is 0.302 e. The van der Waals surface area contributed by atoms with Crippen LogP contribution in [0.5, 0.6) is 5.75 Å². The van der Waals surface area contributed by atoms with Gasteiger partial charge in [-0.3, -0.25) is 9.59 Å². The number of fused-ring (bicyclic) bond motifs is 3. The third-order valence-corrected chi connectivity index (χ3v) is 6.89. The van der Waals surface area contributed by atoms with Gasteiger partial charge in [-0.1, -0.05) is 20.8 Å². The van der Waals surface area contributed by atoms with Crippen LogP contribution in [0.25, 0.3) is 0 Å². The minimum atomic E-state index is -0.182. The molecule has 0 heterocycles. The number of benzene rings is 1. The van der Waals surface area contributed by atoms with E-state index in [0.717, 1.165) is 25.7 Å². The van der Waals surface area contributed by atoms with Gasteiger partial charge in [0.1, 0.15) is 11.9 Å². The van der Waals surface area contributed by atoms with Gasteiger partial charge in [0.15, 0.2) is 5.78 Å². The number of aryl methyl sites for hydroxylation is 1. The van der Waals surface area contributed by atoms with Crippen molar-refractivity contribution >= 4 is 11.8 Å². The zero-order chi connectivity index (χ0) is 19.9. The molecule has 1 saturated carbocycles. The Hall–Kier alpha value is -1.84. The van der Waals surface area contributed by atoms with Crippen molar-refractivity contribution in [2.24, 2.45) is 17.8 Å². The van der Waals surface area contributed by atoms with Gasteiger partial charge >= 0.3 is 5.97 Å². The molecule has 2 aliphatic rings. The van der Waals surface area contributed by atoms with Crippen LogP contribution in [0.2, 0.25) is 0 Å². The van der Waals surface area contributed by atoms with Crippen molar-refractivity contribution < 1.29 is 19.1 Å². The fraction of sp³-hybridized carbons (Fsp3) is 0.652. The molecule has 1 aromatic carbocycles. The molecule has 0 radical (unpaired) electrons. The van der Waals surface area contributed by atoms with Gasteiger partial charge in [0, 0.05) is 12.8 Å². The SMILES string of the molecule is COc1cc2c(cc1C(C)=O)CCC1C(C(C)C)C(OC(C)=O)CC[C@]21C. The fourth-order valence-corrected chi connectivity index (χ4v) is 5.71. The molecule has 0 aliphatic heterocycles. The number of methoxy groups -OCH3 is 1. The van der Waals surface area contributed by atoms with Crippen molar-refractivity contribution in [1.29, 1.82) is 0 Å². The number of hydrogen-bond donors (Lipinski definition) is 0. The van der Waals surface area contributed by atoms with Crippen LogP contribution in [0.3, 0.4) is 0 Å². The van der Waals surface area contributed by atoms with E-state index >= 15 is 0 Å². The van der Waals surface area contributed by atoms with Crippen molar-refractivity contribution in [3.05, 3.63) is 28.8 Å². The van der Waals surface area contributed by atoms with Crippen molar-refractivity contribution in [2.75, 3.05) is 7.11 Å². The number of esters is 1. The zero-order valence-corrected chi connectivity index (χ0v) is 17.4. The Morgan fingerprint density at radius 2 is 1.89 bits per heavy atom. The number of rotatable bonds is 4. The molecule has 1 aromatic rings. The van der Waals surface area contributed by atoms with E-state index in [1.807, 2.05) is 6.07 Å². The third-order valence-electron chi connectivity index (χ3n) is 6.89. The summed E-state index contributed by atoms with van der Waals surface area (Å²) in [6, 6.07) is 4.14. The van der Waals surface area contributed by atoms with Crippen LogP contribution >= 0.6 is 0 Å². The van der Waals surface area contributed by atoms with E-state index < -0.39 is 0 Å². The molecule has 0 amide bonds. The number of hydrogen-bond acceptors (Lipinski definition) is 4. The highest BCUT2D eigenvalue weighted by Crippen LogP contribution is 2.55. The van der Waals surface area contributed by atoms with Crippen LogP contribution in [-0.4, -0.2) is 25.0 Å². The van der Waals surface area contributed by atoms with Crippen LogP contribution in [0.15, 0.2) is 12.1 Å². The van der Waals surface area contributed by atoms with Gasteiger partial charge in [0.05, 0.1) is 12.7 Å². The quantitative estimate of drug-likeness (QED) is 0.567. The summed E-state index contributed by atoms with van der Waals surface area (Å²) in [5, 5.41) is 0. The van der Waals surface area contributed by atoms with Gasteiger partial charge in [0.25, 0.3) is 0 Å². The van der Waals surface area contributed by atoms with Crippen LogP contribution in [0.1, 0.15) is 75.4 Å². The second-order valence-corrected chi connectivity index (χ2v) is 8.84. The molecule has 4 heteroatoms. The molecular formula is C23H32O4. The van der Waals surface area contributed by atoms with E-state index in [9.17, 15) is 9.59 Å². The summed E-state index contributed by atoms with van der Waals surface area (Å²) in [5.74, 6) is 1.78. The molecule has 0 bridgehead atoms. The maximum atomic E-state index is 12.0. The minimum absolute atomic E-state index is 0.000475. The molecule has 27 heavy (non-hydrogen) atoms. The lowest BCUT2D eigenvalue weighted by molar-refractivity contribution is -0.157. The van der Waals surface area contributed by atoms with E-state index in [1.54, 1.807) is 14.0 Å². The van der Waals surface area contributed by atoms with Crippen LogP contribution in [-0.2, 0) is 21.4 Å². The predicted molar refractivity (Wildman–Crippen MR) is 105 cm³/mol. The Morgan fingerprint density at radius 1 is 1.19 bits per heavy atom. The monoisotopic (exact) mass is 372 g/mol. The normalized spacial score (nSPS) is 29.7. The van der Waals surface area contributed by atoms with E-state index in [2.05, 4.69) is 26.8 Å². The summed E-state index contributed by atoms with van der Waals surface area (Å²) >= 11 is 0. The maximum absolute atomic E-state index is 12.0. The summed E-state index contributed by atoms with van der Waals surface area (Å²) in [6.45, 7) is 9.93. The second-order valence-electron chi connectivity index (χ2n) is 8.84. The largest absolute Gasteiger partial charge is 0.496 e. The summed E-state index contributed by atoms with van der Waals surface area (Å²) in [5.41, 5.74) is 3.27. The van der Waals surface area contributed by atoms with E-state index in [-0.39, 0.29) is 23.3 Å². The highest BCUT2D eigenvalue weighted by atomic mass is 16.5. The van der Waals surface area contributed by atoms with E-state index in [4.69, 9.17) is 9.47 Å². The number of ketones is 1. The molecule has 3 rings (SSSR count). The van der Waals surface area contributed by atoms with Gasteiger partial charge in [-0.05, 0) is 73.1 Å². The molecule has 0 aromatic heterocycles. The summed E-state index contributed by atoms with van der Waals surface area (Å²) in [4.78, 5) is 23.7. The molecule has 2 aliphatic carbocycles. The summed E-state index contributed by atoms with van der Waals surface area (Å²) in [6.07, 6.45) is 3.88. The van der Waals surface area contributed by atoms with Gasteiger partial charge in [0.2, 0.25) is 0 Å². The zero-order valence-electron chi connectivity index (χ0n) is 17.4. The first-order valence-electron chi connectivity index (χ1n) is 10.1. The molecule has 1 fully saturated rings. The average molecular weight is 373 g/mol. The molecule has 0 N–H and O–H groups in total. The summed E-state index contributed by atoms with van der Waals surface area (Å²) in [7, 11) is 1.63. The minimum Gasteiger partial charge on any atom is -0.496 e. The smallest absolute Gasteiger partial charge is 0.302 e. The Balaban J connectivity index is 2.06. The number of carbonyl (C=O) groups is 2. The Kier molecular flexibility index (Phi) is 5.38. The fourth-order valence-electron chi connectivity index (χ4n) is 5.71. The summed E-state index contributed by atoms with van der Waals surface area (Å²) < 4.78 is 11.3.